The summed E-state index contributed by atoms with van der Waals surface area (Å²) in [6.07, 6.45) is 3.40. The van der Waals surface area contributed by atoms with E-state index >= 15 is 0 Å². The molecule has 6 aliphatic heterocycles. The van der Waals surface area contributed by atoms with Crippen molar-refractivity contribution in [3.8, 4) is 0 Å². The molecule has 4 fully saturated rings. The smallest absolute Gasteiger partial charge is 0.353 e. The highest BCUT2D eigenvalue weighted by Crippen LogP contribution is 2.52. The van der Waals surface area contributed by atoms with Gasteiger partial charge >= 0.3 is 23.9 Å². The van der Waals surface area contributed by atoms with E-state index < -0.39 is 110 Å². The molecule has 4 saturated heterocycles. The number of anilines is 2. The summed E-state index contributed by atoms with van der Waals surface area (Å²) in [5, 5.41) is 65.4. The van der Waals surface area contributed by atoms with Gasteiger partial charge in [-0.3, -0.25) is 33.7 Å². The summed E-state index contributed by atoms with van der Waals surface area (Å²) >= 11 is 4.77. The van der Waals surface area contributed by atoms with Gasteiger partial charge in [-0.15, -0.1) is 46.2 Å². The number of thioether (sulfide) groups is 2. The van der Waals surface area contributed by atoms with Crippen molar-refractivity contribution in [3.05, 3.63) is 74.6 Å². The lowest BCUT2D eigenvalue weighted by Gasteiger charge is -2.49. The van der Waals surface area contributed by atoms with Crippen LogP contribution in [0.1, 0.15) is 66.3 Å². The van der Waals surface area contributed by atoms with Crippen LogP contribution in [-0.2, 0) is 74.5 Å². The van der Waals surface area contributed by atoms with Gasteiger partial charge in [-0.2, -0.15) is 0 Å². The van der Waals surface area contributed by atoms with Gasteiger partial charge in [0.05, 0.1) is 30.1 Å². The number of oxime groups is 2. The Balaban J connectivity index is 0.000000198. The van der Waals surface area contributed by atoms with Gasteiger partial charge in [-0.25, -0.2) is 46.4 Å². The van der Waals surface area contributed by atoms with E-state index in [1.807, 2.05) is 29.7 Å². The number of rotatable bonds is 21. The topological polar surface area (TPSA) is 503 Å². The number of nitrogens with zero attached hydrogens (tertiary/aromatic N) is 9. The molecule has 0 bridgehead atoms. The van der Waals surface area contributed by atoms with E-state index in [4.69, 9.17) is 26.2 Å². The average Bonchev–Trinajstić information content (AvgIpc) is 1.69. The highest BCUT2D eigenvalue weighted by molar-refractivity contribution is 8.03. The van der Waals surface area contributed by atoms with Gasteiger partial charge in [-0.05, 0) is 48.0 Å². The predicted octanol–water partition coefficient (Wildman–Crippen LogP) is -1.79. The fourth-order valence-corrected chi connectivity index (χ4v) is 14.6. The number of nitrogen functional groups attached to an aromatic ring is 2. The number of carbonyl (C=O) groups is 10. The van der Waals surface area contributed by atoms with E-state index in [2.05, 4.69) is 36.2 Å². The standard InChI is InChI=1S/C22H22N6O7S2.C17H25N3O5S.C13H17N5O8S2/c1-22(2,20(33)34)35-26-13(12-10-37-21(23)24-12)16(29)25-14-17(30)28-15(19(31)32)11(9-36-18(14)28)8-27-6-4-3-5-7-27;1-7-12-11(8(2)21)16(23)20(12)13(17(24)25)14(7)26-9-5-10(18-6-9)15(22)19(3)4;1-5-7(10(20)18(5)28(23,24)25)16-9(19)8(6-4-27-12(14)15-6)17-26-13(2,3)11(21)22/h3-7,10,14,18H,8-9H2,1-2H3,(H4-,23,24,25,29,31,32,33,34);7-12,18,21H,5-6H2,1-4H3,(H,24,25);4-5,7H,1-3H3,(H2,14,15)(H,16,19)(H,21,22)(H,23,24,25)/b26-13-;;17-8-/t14-,18-;7-,8-,9+,10+,11-,12-;5-,7-/m110/s1. The summed E-state index contributed by atoms with van der Waals surface area (Å²) in [6, 6.07) is 1.45. The van der Waals surface area contributed by atoms with Crippen molar-refractivity contribution in [2.24, 2.45) is 22.1 Å². The molecule has 0 aromatic carbocycles. The van der Waals surface area contributed by atoms with E-state index in [1.54, 1.807) is 38.3 Å². The van der Waals surface area contributed by atoms with Gasteiger partial charge in [-0.1, -0.05) is 23.3 Å². The van der Waals surface area contributed by atoms with Gasteiger partial charge < -0.3 is 77.0 Å². The highest BCUT2D eigenvalue weighted by Gasteiger charge is 2.61. The maximum atomic E-state index is 13.1. The molecule has 6 aliphatic rings. The highest BCUT2D eigenvalue weighted by atomic mass is 32.2. The molecule has 39 heteroatoms. The number of hydrogen-bond donors (Lipinski definition) is 10. The molecule has 0 spiro atoms. The van der Waals surface area contributed by atoms with Gasteiger partial charge in [0.15, 0.2) is 50.9 Å². The molecule has 3 aromatic rings. The first kappa shape index (κ1) is 70.1. The van der Waals surface area contributed by atoms with Crippen LogP contribution in [0.15, 0.2) is 73.5 Å². The first-order chi connectivity index (χ1) is 42.4. The number of β-lactam (4-membered cyclic amide) rings is 3. The number of nitrogens with one attached hydrogen (secondary N) is 3. The quantitative estimate of drug-likeness (QED) is 0.0185. The first-order valence-corrected chi connectivity index (χ1v) is 32.2. The van der Waals surface area contributed by atoms with E-state index in [-0.39, 0.29) is 78.1 Å². The van der Waals surface area contributed by atoms with Crippen LogP contribution in [-0.4, -0.2) is 223 Å². The number of hydrogen-bond acceptors (Lipinski definition) is 27. The van der Waals surface area contributed by atoms with Crippen molar-refractivity contribution in [2.75, 3.05) is 37.9 Å². The number of fused-ring (bicyclic) bond motifs is 2. The number of carboxylic acids is 4. The number of aliphatic hydroxyl groups excluding tert-OH is 1. The number of aliphatic carboxylic acids is 4. The molecule has 9 heterocycles. The Morgan fingerprint density at radius 3 is 1.79 bits per heavy atom. The lowest BCUT2D eigenvalue weighted by atomic mass is 9.79. The number of likely N-dealkylation sites (N-methyl/N-ethyl adjacent to an activating group) is 1. The Bertz CT molecular complexity index is 3680. The molecular weight excluding hydrogens is 1300 g/mol. The minimum Gasteiger partial charge on any atom is -0.731 e. The summed E-state index contributed by atoms with van der Waals surface area (Å²) in [5.41, 5.74) is 7.29. The van der Waals surface area contributed by atoms with Gasteiger partial charge in [0.1, 0.15) is 40.2 Å². The molecule has 3 aromatic heterocycles. The minimum absolute atomic E-state index is 0.00757. The SMILES string of the molecule is CC(C)(O/N=C(\C(=O)N[C@@H]1C(=O)N2C(C(=O)O)=C(C[n+]3ccccc3)CS[C@H]12)c1csc(N)n1)C(=O)O.C[C@@H](O)[C@H]1C(=O)N2C(C(=O)O)=C(S[C@@H]3CN[C@H](C(=O)N(C)C)C3)[C@H](C)[C@H]12.C[C@H]1[C@H](NC(=O)/C(=N\OC(C)(C)C(=O)O)c2csc(N)n2)C(=O)N1S(=O)(=O)[O-]. The number of aromatic nitrogens is 3. The predicted molar refractivity (Wildman–Crippen MR) is 322 cm³/mol. The largest absolute Gasteiger partial charge is 0.731 e. The van der Waals surface area contributed by atoms with Crippen molar-refractivity contribution in [2.45, 2.75) is 120 Å². The third-order valence-corrected chi connectivity index (χ3v) is 19.9. The minimum atomic E-state index is -5.01. The molecule has 492 valence electrons. The van der Waals surface area contributed by atoms with Gasteiger partial charge in [0, 0.05) is 70.9 Å². The second-order valence-electron chi connectivity index (χ2n) is 22.2. The zero-order chi connectivity index (χ0) is 67.7. The zero-order valence-electron chi connectivity index (χ0n) is 49.7. The van der Waals surface area contributed by atoms with Crippen LogP contribution < -0.4 is 32.0 Å². The van der Waals surface area contributed by atoms with Crippen LogP contribution in [0.3, 0.4) is 0 Å². The molecule has 0 radical (unpaired) electrons. The van der Waals surface area contributed by atoms with Crippen LogP contribution in [0, 0.1) is 11.8 Å². The second kappa shape index (κ2) is 27.6. The summed E-state index contributed by atoms with van der Waals surface area (Å²) in [6.45, 7) is 10.5. The number of amides is 6. The zero-order valence-corrected chi connectivity index (χ0v) is 53.8. The lowest BCUT2D eigenvalue weighted by Crippen LogP contribution is -2.71. The summed E-state index contributed by atoms with van der Waals surface area (Å²) < 4.78 is 35.0. The Hall–Kier alpha value is -8.34. The summed E-state index contributed by atoms with van der Waals surface area (Å²) in [7, 11) is -1.59. The van der Waals surface area contributed by atoms with Crippen LogP contribution in [0.4, 0.5) is 10.3 Å². The van der Waals surface area contributed by atoms with Gasteiger partial charge in [0.2, 0.25) is 23.0 Å². The number of pyridine rings is 1. The molecule has 12 N–H and O–H groups in total. The molecule has 91 heavy (non-hydrogen) atoms. The third-order valence-electron chi connectivity index (χ3n) is 14.7. The summed E-state index contributed by atoms with van der Waals surface area (Å²) in [4.78, 5) is 144. The van der Waals surface area contributed by atoms with E-state index in [9.17, 15) is 81.3 Å². The second-order valence-corrected chi connectivity index (χ2v) is 27.7. The van der Waals surface area contributed by atoms with Crippen LogP contribution in [0.5, 0.6) is 0 Å². The fraction of sp³-hybridized carbons (Fsp3) is 0.481. The van der Waals surface area contributed by atoms with E-state index in [0.29, 0.717) is 35.7 Å². The number of aliphatic hydroxyl groups is 1. The molecule has 0 saturated carbocycles. The van der Waals surface area contributed by atoms with Crippen molar-refractivity contribution in [3.63, 3.8) is 0 Å². The number of carbonyl (C=O) groups excluding carboxylic acids is 6. The summed E-state index contributed by atoms with van der Waals surface area (Å²) in [5.74, 6) is -9.26. The van der Waals surface area contributed by atoms with Gasteiger partial charge in [0.25, 0.3) is 23.6 Å². The average molecular weight is 1370 g/mol. The van der Waals surface area contributed by atoms with Crippen molar-refractivity contribution >= 4 is 138 Å². The van der Waals surface area contributed by atoms with E-state index in [0.717, 1.165) is 22.7 Å². The molecule has 0 aliphatic carbocycles. The Kier molecular flexibility index (Phi) is 21.3. The third kappa shape index (κ3) is 15.0. The Morgan fingerprint density at radius 2 is 1.35 bits per heavy atom. The fourth-order valence-electron chi connectivity index (χ4n) is 9.83. The first-order valence-electron chi connectivity index (χ1n) is 27.2. The maximum Gasteiger partial charge on any atom is 0.353 e. The lowest BCUT2D eigenvalue weighted by molar-refractivity contribution is -0.689. The Morgan fingerprint density at radius 1 is 0.835 bits per heavy atom. The van der Waals surface area contributed by atoms with Crippen LogP contribution in [0.25, 0.3) is 0 Å². The number of thiazole rings is 2. The van der Waals surface area contributed by atoms with Crippen LogP contribution >= 0.6 is 46.2 Å². The molecule has 9 rings (SSSR count). The number of carboxylic acid groups (broad SMARTS) is 4. The van der Waals surface area contributed by atoms with Crippen molar-refractivity contribution < 1.29 is 101 Å². The molecular formula is C52H64N14O20S5. The van der Waals surface area contributed by atoms with Crippen molar-refractivity contribution in [1.29, 1.82) is 0 Å². The normalized spacial score (nSPS) is 24.2. The van der Waals surface area contributed by atoms with Crippen LogP contribution in [0.2, 0.25) is 0 Å². The Labute approximate surface area is 534 Å². The molecule has 10 atom stereocenters. The molecule has 0 unspecified atom stereocenters. The maximum absolute atomic E-state index is 13.1. The van der Waals surface area contributed by atoms with E-state index in [1.165, 1.54) is 78.7 Å². The number of nitrogens with two attached hydrogens (primary N) is 2. The van der Waals surface area contributed by atoms with Crippen molar-refractivity contribution in [1.82, 2.24) is 44.9 Å². The molecule has 6 amide bonds. The monoisotopic (exact) mass is 1360 g/mol. The molecule has 34 nitrogen and oxygen atoms in total.